The highest BCUT2D eigenvalue weighted by atomic mass is 35.5. The lowest BCUT2D eigenvalue weighted by molar-refractivity contribution is -0.385. The normalized spacial score (nSPS) is 10.2. The first-order valence-corrected chi connectivity index (χ1v) is 6.59. The third kappa shape index (κ3) is 3.64. The minimum Gasteiger partial charge on any atom is -0.496 e. The van der Waals surface area contributed by atoms with E-state index in [1.165, 1.54) is 19.2 Å². The van der Waals surface area contributed by atoms with Crippen LogP contribution in [0.5, 0.6) is 11.5 Å². The number of methoxy groups -OCH3 is 1. The first-order valence-electron chi connectivity index (χ1n) is 6.21. The molecule has 6 heteroatoms. The fourth-order valence-electron chi connectivity index (χ4n) is 1.87. The van der Waals surface area contributed by atoms with Crippen molar-refractivity contribution >= 4 is 17.3 Å². The molecule has 0 bridgehead atoms. The van der Waals surface area contributed by atoms with E-state index in [2.05, 4.69) is 0 Å². The van der Waals surface area contributed by atoms with Gasteiger partial charge >= 0.3 is 0 Å². The summed E-state index contributed by atoms with van der Waals surface area (Å²) in [6.45, 7) is 2.06. The van der Waals surface area contributed by atoms with Gasteiger partial charge in [0.15, 0.2) is 0 Å². The number of nitro groups is 1. The van der Waals surface area contributed by atoms with Crippen LogP contribution < -0.4 is 9.47 Å². The number of hydrogen-bond acceptors (Lipinski definition) is 4. The Morgan fingerprint density at radius 1 is 1.19 bits per heavy atom. The van der Waals surface area contributed by atoms with Gasteiger partial charge in [-0.05, 0) is 30.7 Å². The minimum atomic E-state index is -0.456. The van der Waals surface area contributed by atoms with Crippen molar-refractivity contribution in [3.8, 4) is 11.5 Å². The maximum absolute atomic E-state index is 10.8. The number of ether oxygens (including phenoxy) is 2. The second-order valence-electron chi connectivity index (χ2n) is 4.48. The van der Waals surface area contributed by atoms with E-state index < -0.39 is 4.92 Å². The van der Waals surface area contributed by atoms with Gasteiger partial charge in [-0.25, -0.2) is 0 Å². The molecule has 21 heavy (non-hydrogen) atoms. The molecular formula is C15H14ClNO4. The Kier molecular flexibility index (Phi) is 4.65. The van der Waals surface area contributed by atoms with Crippen molar-refractivity contribution in [2.24, 2.45) is 0 Å². The van der Waals surface area contributed by atoms with Gasteiger partial charge in [-0.2, -0.15) is 0 Å². The SMILES string of the molecule is COc1ccc([N+](=O)[O-])cc1COc1cc(C)ccc1Cl. The van der Waals surface area contributed by atoms with Gasteiger partial charge in [-0.1, -0.05) is 17.7 Å². The van der Waals surface area contributed by atoms with Crippen LogP contribution in [0.4, 0.5) is 5.69 Å². The third-order valence-electron chi connectivity index (χ3n) is 2.94. The molecule has 0 fully saturated rings. The molecule has 110 valence electrons. The molecule has 5 nitrogen and oxygen atoms in total. The van der Waals surface area contributed by atoms with Crippen LogP contribution in [0.25, 0.3) is 0 Å². The zero-order valence-corrected chi connectivity index (χ0v) is 12.4. The van der Waals surface area contributed by atoms with E-state index in [1.807, 2.05) is 19.1 Å². The van der Waals surface area contributed by atoms with Crippen LogP contribution in [0.2, 0.25) is 5.02 Å². The molecule has 0 amide bonds. The first kappa shape index (κ1) is 15.1. The summed E-state index contributed by atoms with van der Waals surface area (Å²) in [5, 5.41) is 11.3. The molecule has 2 aromatic carbocycles. The molecule has 0 saturated carbocycles. The van der Waals surface area contributed by atoms with Crippen LogP contribution in [0.3, 0.4) is 0 Å². The average molecular weight is 308 g/mol. The summed E-state index contributed by atoms with van der Waals surface area (Å²) < 4.78 is 10.8. The molecule has 0 aliphatic carbocycles. The standard InChI is InChI=1S/C15H14ClNO4/c1-10-3-5-13(16)15(7-10)21-9-11-8-12(17(18)19)4-6-14(11)20-2/h3-8H,9H2,1-2H3. The predicted octanol–water partition coefficient (Wildman–Crippen LogP) is 4.14. The number of non-ortho nitro benzene ring substituents is 1. The van der Waals surface area contributed by atoms with Crippen LogP contribution in [0.15, 0.2) is 36.4 Å². The van der Waals surface area contributed by atoms with Gasteiger partial charge in [-0.15, -0.1) is 0 Å². The molecular weight excluding hydrogens is 294 g/mol. The van der Waals surface area contributed by atoms with E-state index in [4.69, 9.17) is 21.1 Å². The highest BCUT2D eigenvalue weighted by Crippen LogP contribution is 2.29. The van der Waals surface area contributed by atoms with Gasteiger partial charge in [0.2, 0.25) is 0 Å². The summed E-state index contributed by atoms with van der Waals surface area (Å²) >= 11 is 6.05. The van der Waals surface area contributed by atoms with E-state index in [9.17, 15) is 10.1 Å². The highest BCUT2D eigenvalue weighted by molar-refractivity contribution is 6.32. The second kappa shape index (κ2) is 6.45. The van der Waals surface area contributed by atoms with Gasteiger partial charge in [0, 0.05) is 17.7 Å². The molecule has 0 aliphatic heterocycles. The van der Waals surface area contributed by atoms with Gasteiger partial charge in [-0.3, -0.25) is 10.1 Å². The van der Waals surface area contributed by atoms with E-state index in [0.29, 0.717) is 22.1 Å². The summed E-state index contributed by atoms with van der Waals surface area (Å²) in [5.74, 6) is 1.06. The number of nitro benzene ring substituents is 1. The Labute approximate surface area is 127 Å². The van der Waals surface area contributed by atoms with Gasteiger partial charge < -0.3 is 9.47 Å². The molecule has 0 aliphatic rings. The lowest BCUT2D eigenvalue weighted by Crippen LogP contribution is -2.01. The van der Waals surface area contributed by atoms with E-state index in [1.54, 1.807) is 12.1 Å². The summed E-state index contributed by atoms with van der Waals surface area (Å²) in [5.41, 5.74) is 1.59. The van der Waals surface area contributed by atoms with Gasteiger partial charge in [0.25, 0.3) is 5.69 Å². The highest BCUT2D eigenvalue weighted by Gasteiger charge is 2.12. The Balaban J connectivity index is 2.24. The van der Waals surface area contributed by atoms with E-state index in [0.717, 1.165) is 5.56 Å². The number of halogens is 1. The molecule has 0 heterocycles. The lowest BCUT2D eigenvalue weighted by Gasteiger charge is -2.11. The van der Waals surface area contributed by atoms with Crippen molar-refractivity contribution in [1.82, 2.24) is 0 Å². The molecule has 0 aromatic heterocycles. The summed E-state index contributed by atoms with van der Waals surface area (Å²) in [6, 6.07) is 9.81. The fraction of sp³-hybridized carbons (Fsp3) is 0.200. The second-order valence-corrected chi connectivity index (χ2v) is 4.88. The van der Waals surface area contributed by atoms with Crippen LogP contribution in [0.1, 0.15) is 11.1 Å². The van der Waals surface area contributed by atoms with E-state index >= 15 is 0 Å². The quantitative estimate of drug-likeness (QED) is 0.615. The van der Waals surface area contributed by atoms with Crippen LogP contribution >= 0.6 is 11.6 Å². The predicted molar refractivity (Wildman–Crippen MR) is 80.2 cm³/mol. The average Bonchev–Trinajstić information content (AvgIpc) is 2.47. The zero-order valence-electron chi connectivity index (χ0n) is 11.6. The summed E-state index contributed by atoms with van der Waals surface area (Å²) in [6.07, 6.45) is 0. The topological polar surface area (TPSA) is 61.6 Å². The van der Waals surface area contributed by atoms with Crippen LogP contribution in [-0.4, -0.2) is 12.0 Å². The summed E-state index contributed by atoms with van der Waals surface area (Å²) in [4.78, 5) is 10.4. The molecule has 2 aromatic rings. The van der Waals surface area contributed by atoms with E-state index in [-0.39, 0.29) is 12.3 Å². The number of aryl methyl sites for hydroxylation is 1. The van der Waals surface area contributed by atoms with Crippen molar-refractivity contribution in [1.29, 1.82) is 0 Å². The molecule has 0 atom stereocenters. The van der Waals surface area contributed by atoms with Gasteiger partial charge in [0.05, 0.1) is 17.1 Å². The summed E-state index contributed by atoms with van der Waals surface area (Å²) in [7, 11) is 1.50. The zero-order chi connectivity index (χ0) is 15.4. The molecule has 0 N–H and O–H groups in total. The minimum absolute atomic E-state index is 0.00950. The molecule has 0 unspecified atom stereocenters. The molecule has 0 saturated heterocycles. The monoisotopic (exact) mass is 307 g/mol. The lowest BCUT2D eigenvalue weighted by atomic mass is 10.2. The first-order chi connectivity index (χ1) is 10.0. The largest absolute Gasteiger partial charge is 0.496 e. The molecule has 0 radical (unpaired) electrons. The Morgan fingerprint density at radius 3 is 2.62 bits per heavy atom. The molecule has 2 rings (SSSR count). The maximum atomic E-state index is 10.8. The third-order valence-corrected chi connectivity index (χ3v) is 3.26. The van der Waals surface area contributed by atoms with Crippen molar-refractivity contribution in [2.45, 2.75) is 13.5 Å². The Morgan fingerprint density at radius 2 is 1.95 bits per heavy atom. The number of hydrogen-bond donors (Lipinski definition) is 0. The number of benzene rings is 2. The smallest absolute Gasteiger partial charge is 0.270 e. The van der Waals surface area contributed by atoms with Crippen molar-refractivity contribution in [3.05, 3.63) is 62.7 Å². The molecule has 0 spiro atoms. The van der Waals surface area contributed by atoms with Gasteiger partial charge in [0.1, 0.15) is 18.1 Å². The van der Waals surface area contributed by atoms with Crippen molar-refractivity contribution in [3.63, 3.8) is 0 Å². The number of rotatable bonds is 5. The fourth-order valence-corrected chi connectivity index (χ4v) is 2.04. The van der Waals surface area contributed by atoms with Crippen LogP contribution in [0, 0.1) is 17.0 Å². The van der Waals surface area contributed by atoms with Crippen molar-refractivity contribution < 1.29 is 14.4 Å². The Hall–Kier alpha value is -2.27. The number of nitrogens with zero attached hydrogens (tertiary/aromatic N) is 1. The maximum Gasteiger partial charge on any atom is 0.270 e. The Bertz CT molecular complexity index is 673. The van der Waals surface area contributed by atoms with Crippen LogP contribution in [-0.2, 0) is 6.61 Å². The van der Waals surface area contributed by atoms with Crippen molar-refractivity contribution in [2.75, 3.05) is 7.11 Å².